The van der Waals surface area contributed by atoms with E-state index >= 15 is 0 Å². The Hall–Kier alpha value is -1.96. The third-order valence-corrected chi connectivity index (χ3v) is 7.07. The first-order chi connectivity index (χ1) is 13.6. The third-order valence-electron chi connectivity index (χ3n) is 7.07. The molecule has 2 amide bonds. The minimum atomic E-state index is -0.794. The molecule has 4 saturated heterocycles. The van der Waals surface area contributed by atoms with Gasteiger partial charge in [0.05, 0.1) is 31.0 Å². The minimum Gasteiger partial charge on any atom is -0.395 e. The average molecular weight is 386 g/mol. The fraction of sp³-hybridized carbons (Fsp3) is 0.619. The van der Waals surface area contributed by atoms with E-state index in [1.165, 1.54) is 0 Å². The summed E-state index contributed by atoms with van der Waals surface area (Å²) >= 11 is 0. The summed E-state index contributed by atoms with van der Waals surface area (Å²) in [4.78, 5) is 29.9. The monoisotopic (exact) mass is 386 g/mol. The molecule has 7 heteroatoms. The highest BCUT2D eigenvalue weighted by Gasteiger charge is 2.66. The molecule has 150 valence electrons. The van der Waals surface area contributed by atoms with Gasteiger partial charge in [0.1, 0.15) is 6.10 Å². The first-order valence-electron chi connectivity index (χ1n) is 10.1. The zero-order valence-electron chi connectivity index (χ0n) is 15.9. The molecule has 0 aromatic heterocycles. The van der Waals surface area contributed by atoms with E-state index in [1.807, 2.05) is 40.1 Å². The zero-order valence-corrected chi connectivity index (χ0v) is 15.9. The van der Waals surface area contributed by atoms with Gasteiger partial charge < -0.3 is 24.4 Å². The van der Waals surface area contributed by atoms with Crippen molar-refractivity contribution in [1.29, 1.82) is 0 Å². The van der Waals surface area contributed by atoms with Gasteiger partial charge in [-0.05, 0) is 18.4 Å². The molecule has 1 spiro atoms. The number of hydrogen-bond acceptors (Lipinski definition) is 5. The average Bonchev–Trinajstić information content (AvgIpc) is 3.37. The largest absolute Gasteiger partial charge is 0.395 e. The molecule has 4 aliphatic heterocycles. The van der Waals surface area contributed by atoms with Crippen molar-refractivity contribution in [3.8, 4) is 0 Å². The number of hydrogen-bond donors (Lipinski definition) is 1. The van der Waals surface area contributed by atoms with E-state index in [-0.39, 0.29) is 30.6 Å². The van der Waals surface area contributed by atoms with Crippen LogP contribution in [0, 0.1) is 5.41 Å². The number of carbonyl (C=O) groups is 2. The second-order valence-electron chi connectivity index (χ2n) is 8.39. The lowest BCUT2D eigenvalue weighted by Gasteiger charge is -2.39. The van der Waals surface area contributed by atoms with Crippen molar-refractivity contribution in [2.45, 2.75) is 43.6 Å². The van der Waals surface area contributed by atoms with Crippen molar-refractivity contribution in [2.75, 3.05) is 32.9 Å². The zero-order chi connectivity index (χ0) is 19.4. The number of carbonyl (C=O) groups excluding carboxylic acids is 2. The highest BCUT2D eigenvalue weighted by molar-refractivity contribution is 5.87. The fourth-order valence-corrected chi connectivity index (χ4v) is 5.42. The molecule has 0 radical (unpaired) electrons. The predicted octanol–water partition coefficient (Wildman–Crippen LogP) is 1.08. The van der Waals surface area contributed by atoms with Gasteiger partial charge in [-0.3, -0.25) is 9.59 Å². The molecule has 0 saturated carbocycles. The van der Waals surface area contributed by atoms with Gasteiger partial charge >= 0.3 is 0 Å². The molecule has 3 atom stereocenters. The smallest absolute Gasteiger partial charge is 0.231 e. The van der Waals surface area contributed by atoms with Crippen LogP contribution in [0.3, 0.4) is 0 Å². The van der Waals surface area contributed by atoms with Gasteiger partial charge in [0, 0.05) is 26.2 Å². The Labute approximate surface area is 164 Å². The van der Waals surface area contributed by atoms with Crippen molar-refractivity contribution < 1.29 is 24.2 Å². The van der Waals surface area contributed by atoms with Gasteiger partial charge in [-0.1, -0.05) is 30.3 Å². The van der Waals surface area contributed by atoms with E-state index in [2.05, 4.69) is 0 Å². The van der Waals surface area contributed by atoms with E-state index in [9.17, 15) is 14.7 Å². The fourth-order valence-electron chi connectivity index (χ4n) is 5.42. The Bertz CT molecular complexity index is 778. The first-order valence-corrected chi connectivity index (χ1v) is 10.1. The normalized spacial score (nSPS) is 33.8. The quantitative estimate of drug-likeness (QED) is 0.841. The molecule has 7 nitrogen and oxygen atoms in total. The van der Waals surface area contributed by atoms with E-state index in [0.29, 0.717) is 52.0 Å². The van der Waals surface area contributed by atoms with Gasteiger partial charge in [-0.2, -0.15) is 0 Å². The molecular weight excluding hydrogens is 360 g/mol. The van der Waals surface area contributed by atoms with Crippen LogP contribution in [-0.4, -0.2) is 71.4 Å². The van der Waals surface area contributed by atoms with Crippen LogP contribution in [0.1, 0.15) is 37.4 Å². The number of nitrogens with zero attached hydrogens (tertiary/aromatic N) is 2. The first kappa shape index (κ1) is 18.1. The Morgan fingerprint density at radius 3 is 2.64 bits per heavy atom. The number of rotatable bonds is 3. The van der Waals surface area contributed by atoms with E-state index in [4.69, 9.17) is 9.47 Å². The van der Waals surface area contributed by atoms with Crippen molar-refractivity contribution in [3.63, 3.8) is 0 Å². The van der Waals surface area contributed by atoms with Gasteiger partial charge in [0.25, 0.3) is 0 Å². The maximum absolute atomic E-state index is 13.5. The summed E-state index contributed by atoms with van der Waals surface area (Å²) in [5, 5.41) is 10.0. The van der Waals surface area contributed by atoms with Crippen LogP contribution < -0.4 is 0 Å². The van der Waals surface area contributed by atoms with Crippen LogP contribution in [0.2, 0.25) is 0 Å². The Balaban J connectivity index is 1.42. The van der Waals surface area contributed by atoms with Gasteiger partial charge in [-0.15, -0.1) is 0 Å². The third kappa shape index (κ3) is 2.46. The summed E-state index contributed by atoms with van der Waals surface area (Å²) in [6.07, 6.45) is 1.78. The van der Waals surface area contributed by atoms with E-state index in [1.54, 1.807) is 0 Å². The molecular formula is C21H26N2O5. The van der Waals surface area contributed by atoms with Crippen LogP contribution in [0.5, 0.6) is 0 Å². The van der Waals surface area contributed by atoms with E-state index < -0.39 is 11.1 Å². The van der Waals surface area contributed by atoms with Gasteiger partial charge in [0.2, 0.25) is 11.8 Å². The Kier molecular flexibility index (Phi) is 4.23. The second-order valence-corrected chi connectivity index (χ2v) is 8.39. The second kappa shape index (κ2) is 6.54. The number of ether oxygens (including phenoxy) is 2. The lowest BCUT2D eigenvalue weighted by molar-refractivity contribution is -0.157. The Morgan fingerprint density at radius 2 is 1.93 bits per heavy atom. The summed E-state index contributed by atoms with van der Waals surface area (Å²) in [5.41, 5.74) is -0.467. The molecule has 4 aliphatic rings. The SMILES string of the molecule is O=C1C[C@H]2N(C(=O)C3(CO)CCOCC3)CC[C@]23O[C@@H](c2ccccc2)CN13. The predicted molar refractivity (Wildman–Crippen MR) is 99.0 cm³/mol. The molecule has 4 fully saturated rings. The maximum Gasteiger partial charge on any atom is 0.231 e. The number of aliphatic hydroxyl groups is 1. The molecule has 4 heterocycles. The molecule has 0 bridgehead atoms. The molecule has 1 aromatic rings. The molecule has 1 aromatic carbocycles. The molecule has 28 heavy (non-hydrogen) atoms. The number of amides is 2. The van der Waals surface area contributed by atoms with Crippen LogP contribution in [0.25, 0.3) is 0 Å². The van der Waals surface area contributed by atoms with Crippen molar-refractivity contribution in [2.24, 2.45) is 5.41 Å². The van der Waals surface area contributed by atoms with Crippen LogP contribution in [0.15, 0.2) is 30.3 Å². The van der Waals surface area contributed by atoms with E-state index in [0.717, 1.165) is 5.56 Å². The molecule has 5 rings (SSSR count). The molecule has 0 aliphatic carbocycles. The molecule has 0 unspecified atom stereocenters. The molecule has 1 N–H and O–H groups in total. The van der Waals surface area contributed by atoms with Gasteiger partial charge in [-0.25, -0.2) is 0 Å². The highest BCUT2D eigenvalue weighted by atomic mass is 16.5. The number of aliphatic hydroxyl groups excluding tert-OH is 1. The summed E-state index contributed by atoms with van der Waals surface area (Å²) < 4.78 is 11.9. The number of benzene rings is 1. The summed E-state index contributed by atoms with van der Waals surface area (Å²) in [7, 11) is 0. The van der Waals surface area contributed by atoms with Crippen molar-refractivity contribution in [3.05, 3.63) is 35.9 Å². The Morgan fingerprint density at radius 1 is 1.18 bits per heavy atom. The standard InChI is InChI=1S/C21H26N2O5/c24-14-20(7-10-27-11-8-20)19(26)22-9-6-21-17(22)12-18(25)23(21)13-16(28-21)15-4-2-1-3-5-15/h1-5,16-17,24H,6-14H2/t16-,17-,21+/m1/s1. The topological polar surface area (TPSA) is 79.3 Å². The minimum absolute atomic E-state index is 0.0472. The summed E-state index contributed by atoms with van der Waals surface area (Å²) in [5.74, 6) is -0.00690. The van der Waals surface area contributed by atoms with Gasteiger partial charge in [0.15, 0.2) is 5.72 Å². The lowest BCUT2D eigenvalue weighted by atomic mass is 9.79. The highest BCUT2D eigenvalue weighted by Crippen LogP contribution is 2.51. The van der Waals surface area contributed by atoms with Crippen molar-refractivity contribution in [1.82, 2.24) is 9.80 Å². The maximum atomic E-state index is 13.5. The van der Waals surface area contributed by atoms with Crippen LogP contribution >= 0.6 is 0 Å². The number of likely N-dealkylation sites (tertiary alicyclic amines) is 1. The van der Waals surface area contributed by atoms with Crippen LogP contribution in [-0.2, 0) is 19.1 Å². The summed E-state index contributed by atoms with van der Waals surface area (Å²) in [6, 6.07) is 9.66. The van der Waals surface area contributed by atoms with Crippen molar-refractivity contribution >= 4 is 11.8 Å². The summed E-state index contributed by atoms with van der Waals surface area (Å²) in [6.45, 7) is 1.86. The van der Waals surface area contributed by atoms with Crippen LogP contribution in [0.4, 0.5) is 0 Å². The lowest BCUT2D eigenvalue weighted by Crippen LogP contribution is -2.54.